The standard InChI is InChI=1S/C14H25NO4/c1-14(2,3)19-13(18)15-9-10-7-5-4-6-8-11(10)12(16)17/h10-11H,4-9H2,1-3H3,(H,15,18)(H,16,17). The Hall–Kier alpha value is -1.26. The maximum atomic E-state index is 11.6. The van der Waals surface area contributed by atoms with Gasteiger partial charge in [0.25, 0.3) is 0 Å². The summed E-state index contributed by atoms with van der Waals surface area (Å²) in [5.74, 6) is -1.09. The van der Waals surface area contributed by atoms with Crippen LogP contribution in [0.3, 0.4) is 0 Å². The minimum Gasteiger partial charge on any atom is -0.481 e. The highest BCUT2D eigenvalue weighted by atomic mass is 16.6. The Bertz CT molecular complexity index is 322. The first-order valence-corrected chi connectivity index (χ1v) is 6.99. The van der Waals surface area contributed by atoms with Crippen molar-refractivity contribution in [3.05, 3.63) is 0 Å². The molecule has 0 bridgehead atoms. The lowest BCUT2D eigenvalue weighted by Gasteiger charge is -2.24. The van der Waals surface area contributed by atoms with Gasteiger partial charge >= 0.3 is 12.1 Å². The van der Waals surface area contributed by atoms with Gasteiger partial charge in [-0.15, -0.1) is 0 Å². The summed E-state index contributed by atoms with van der Waals surface area (Å²) >= 11 is 0. The highest BCUT2D eigenvalue weighted by Crippen LogP contribution is 2.28. The van der Waals surface area contributed by atoms with Crippen LogP contribution in [-0.2, 0) is 9.53 Å². The lowest BCUT2D eigenvalue weighted by molar-refractivity contribution is -0.143. The van der Waals surface area contributed by atoms with Crippen molar-refractivity contribution >= 4 is 12.1 Å². The lowest BCUT2D eigenvalue weighted by atomic mass is 9.88. The van der Waals surface area contributed by atoms with Gasteiger partial charge in [-0.2, -0.15) is 0 Å². The third kappa shape index (κ3) is 5.94. The molecule has 0 saturated heterocycles. The fourth-order valence-corrected chi connectivity index (χ4v) is 2.48. The molecule has 5 heteroatoms. The van der Waals surface area contributed by atoms with Crippen LogP contribution in [0.25, 0.3) is 0 Å². The molecular formula is C14H25NO4. The van der Waals surface area contributed by atoms with Crippen molar-refractivity contribution in [3.8, 4) is 0 Å². The Morgan fingerprint density at radius 2 is 1.84 bits per heavy atom. The molecule has 19 heavy (non-hydrogen) atoms. The number of ether oxygens (including phenoxy) is 1. The number of carbonyl (C=O) groups excluding carboxylic acids is 1. The van der Waals surface area contributed by atoms with Crippen molar-refractivity contribution in [2.75, 3.05) is 6.54 Å². The summed E-state index contributed by atoms with van der Waals surface area (Å²) in [6.07, 6.45) is 4.15. The number of amides is 1. The van der Waals surface area contributed by atoms with Crippen LogP contribution in [-0.4, -0.2) is 29.3 Å². The molecule has 0 aromatic rings. The minimum absolute atomic E-state index is 0.00696. The zero-order chi connectivity index (χ0) is 14.5. The molecule has 2 N–H and O–H groups in total. The van der Waals surface area contributed by atoms with E-state index in [0.717, 1.165) is 25.7 Å². The third-order valence-electron chi connectivity index (χ3n) is 3.38. The number of rotatable bonds is 3. The van der Waals surface area contributed by atoms with E-state index in [4.69, 9.17) is 4.74 Å². The van der Waals surface area contributed by atoms with E-state index < -0.39 is 17.7 Å². The first-order valence-electron chi connectivity index (χ1n) is 6.99. The van der Waals surface area contributed by atoms with E-state index >= 15 is 0 Å². The fraction of sp³-hybridized carbons (Fsp3) is 0.857. The van der Waals surface area contributed by atoms with E-state index in [9.17, 15) is 14.7 Å². The predicted octanol–water partition coefficient (Wildman–Crippen LogP) is 2.79. The molecule has 1 rings (SSSR count). The van der Waals surface area contributed by atoms with Crippen molar-refractivity contribution in [1.82, 2.24) is 5.32 Å². The quantitative estimate of drug-likeness (QED) is 0.774. The molecule has 1 aliphatic carbocycles. The molecule has 0 spiro atoms. The van der Waals surface area contributed by atoms with Crippen LogP contribution in [0.2, 0.25) is 0 Å². The van der Waals surface area contributed by atoms with E-state index in [1.165, 1.54) is 0 Å². The van der Waals surface area contributed by atoms with Gasteiger partial charge in [0.05, 0.1) is 5.92 Å². The third-order valence-corrected chi connectivity index (χ3v) is 3.38. The maximum absolute atomic E-state index is 11.6. The Morgan fingerprint density at radius 3 is 2.42 bits per heavy atom. The van der Waals surface area contributed by atoms with Crippen LogP contribution in [0.15, 0.2) is 0 Å². The molecule has 110 valence electrons. The fourth-order valence-electron chi connectivity index (χ4n) is 2.48. The van der Waals surface area contributed by atoms with Crippen molar-refractivity contribution in [1.29, 1.82) is 0 Å². The van der Waals surface area contributed by atoms with Gasteiger partial charge in [-0.05, 0) is 39.5 Å². The molecule has 0 aromatic heterocycles. The number of carboxylic acid groups (broad SMARTS) is 1. The van der Waals surface area contributed by atoms with Crippen molar-refractivity contribution < 1.29 is 19.4 Å². The monoisotopic (exact) mass is 271 g/mol. The van der Waals surface area contributed by atoms with Gasteiger partial charge in [0.1, 0.15) is 5.60 Å². The Labute approximate surface area is 114 Å². The van der Waals surface area contributed by atoms with Crippen LogP contribution in [0.4, 0.5) is 4.79 Å². The van der Waals surface area contributed by atoms with Gasteiger partial charge in [-0.3, -0.25) is 4.79 Å². The van der Waals surface area contributed by atoms with E-state index in [2.05, 4.69) is 5.32 Å². The molecule has 1 amide bonds. The summed E-state index contributed by atoms with van der Waals surface area (Å²) in [7, 11) is 0. The molecule has 2 unspecified atom stereocenters. The molecule has 0 radical (unpaired) electrons. The molecule has 0 aromatic carbocycles. The maximum Gasteiger partial charge on any atom is 0.407 e. The van der Waals surface area contributed by atoms with Crippen molar-refractivity contribution in [2.24, 2.45) is 11.8 Å². The largest absolute Gasteiger partial charge is 0.481 e. The Kier molecular flexibility index (Phi) is 5.63. The van der Waals surface area contributed by atoms with E-state index in [0.29, 0.717) is 13.0 Å². The Balaban J connectivity index is 2.48. The second kappa shape index (κ2) is 6.78. The predicted molar refractivity (Wildman–Crippen MR) is 71.9 cm³/mol. The van der Waals surface area contributed by atoms with Gasteiger partial charge in [-0.1, -0.05) is 19.3 Å². The van der Waals surface area contributed by atoms with Gasteiger partial charge < -0.3 is 15.2 Å². The first kappa shape index (κ1) is 15.8. The molecular weight excluding hydrogens is 246 g/mol. The number of aliphatic carboxylic acids is 1. The number of nitrogens with one attached hydrogen (secondary N) is 1. The number of carboxylic acids is 1. The number of hydrogen-bond donors (Lipinski definition) is 2. The topological polar surface area (TPSA) is 75.6 Å². The minimum atomic E-state index is -0.752. The molecule has 1 fully saturated rings. The lowest BCUT2D eigenvalue weighted by Crippen LogP contribution is -2.38. The molecule has 5 nitrogen and oxygen atoms in total. The van der Waals surface area contributed by atoms with Crippen LogP contribution in [0, 0.1) is 11.8 Å². The molecule has 0 aliphatic heterocycles. The number of alkyl carbamates (subject to hydrolysis) is 1. The zero-order valence-electron chi connectivity index (χ0n) is 12.1. The van der Waals surface area contributed by atoms with Gasteiger partial charge in [0.15, 0.2) is 0 Å². The first-order chi connectivity index (χ1) is 8.79. The van der Waals surface area contributed by atoms with Crippen LogP contribution in [0.1, 0.15) is 52.9 Å². The number of carbonyl (C=O) groups is 2. The summed E-state index contributed by atoms with van der Waals surface area (Å²) in [6.45, 7) is 5.79. The summed E-state index contributed by atoms with van der Waals surface area (Å²) in [5, 5.41) is 11.9. The summed E-state index contributed by atoms with van der Waals surface area (Å²) < 4.78 is 5.16. The van der Waals surface area contributed by atoms with Crippen molar-refractivity contribution in [2.45, 2.75) is 58.5 Å². The normalized spacial score (nSPS) is 24.4. The van der Waals surface area contributed by atoms with E-state index in [1.54, 1.807) is 20.8 Å². The van der Waals surface area contributed by atoms with Crippen LogP contribution < -0.4 is 5.32 Å². The Morgan fingerprint density at radius 1 is 1.21 bits per heavy atom. The molecule has 1 aliphatic rings. The summed E-state index contributed by atoms with van der Waals surface area (Å²) in [4.78, 5) is 22.8. The summed E-state index contributed by atoms with van der Waals surface area (Å²) in [6, 6.07) is 0. The number of hydrogen-bond acceptors (Lipinski definition) is 3. The SMILES string of the molecule is CC(C)(C)OC(=O)NCC1CCCCCC1C(=O)O. The van der Waals surface area contributed by atoms with Gasteiger partial charge in [0.2, 0.25) is 0 Å². The average molecular weight is 271 g/mol. The molecule has 1 saturated carbocycles. The summed E-state index contributed by atoms with van der Waals surface area (Å²) in [5.41, 5.74) is -0.528. The van der Waals surface area contributed by atoms with Gasteiger partial charge in [-0.25, -0.2) is 4.79 Å². The molecule has 0 heterocycles. The van der Waals surface area contributed by atoms with Crippen LogP contribution >= 0.6 is 0 Å². The van der Waals surface area contributed by atoms with E-state index in [-0.39, 0.29) is 11.8 Å². The zero-order valence-corrected chi connectivity index (χ0v) is 12.1. The molecule has 2 atom stereocenters. The highest BCUT2D eigenvalue weighted by Gasteiger charge is 2.30. The van der Waals surface area contributed by atoms with E-state index in [1.807, 2.05) is 0 Å². The van der Waals surface area contributed by atoms with Crippen LogP contribution in [0.5, 0.6) is 0 Å². The second-order valence-electron chi connectivity index (χ2n) is 6.23. The van der Waals surface area contributed by atoms with Gasteiger partial charge in [0, 0.05) is 6.54 Å². The van der Waals surface area contributed by atoms with Crippen molar-refractivity contribution in [3.63, 3.8) is 0 Å². The smallest absolute Gasteiger partial charge is 0.407 e. The second-order valence-corrected chi connectivity index (χ2v) is 6.23. The average Bonchev–Trinajstić information content (AvgIpc) is 2.48. The highest BCUT2D eigenvalue weighted by molar-refractivity contribution is 5.71.